The predicted molar refractivity (Wildman–Crippen MR) is 202 cm³/mol. The number of fused-ring (bicyclic) bond motifs is 2. The van der Waals surface area contributed by atoms with E-state index in [2.05, 4.69) is 5.32 Å². The van der Waals surface area contributed by atoms with Gasteiger partial charge in [0.1, 0.15) is 0 Å². The van der Waals surface area contributed by atoms with E-state index in [-0.39, 0.29) is 50.2 Å². The second-order valence-corrected chi connectivity index (χ2v) is 18.2. The summed E-state index contributed by atoms with van der Waals surface area (Å²) in [6.45, 7) is 5.45. The van der Waals surface area contributed by atoms with Crippen molar-refractivity contribution in [3.63, 3.8) is 0 Å². The van der Waals surface area contributed by atoms with E-state index in [1.54, 1.807) is 68.5 Å². The van der Waals surface area contributed by atoms with Crippen LogP contribution in [0.4, 0.5) is 22.7 Å². The van der Waals surface area contributed by atoms with Crippen LogP contribution in [0.15, 0.2) is 97.1 Å². The summed E-state index contributed by atoms with van der Waals surface area (Å²) in [6.07, 6.45) is -1.05. The molecule has 1 fully saturated rings. The topological polar surface area (TPSA) is 189 Å². The van der Waals surface area contributed by atoms with Crippen molar-refractivity contribution in [1.82, 2.24) is 4.90 Å². The minimum atomic E-state index is -3.16. The number of nitrogens with zero attached hydrogens (tertiary/aromatic N) is 3. The van der Waals surface area contributed by atoms with E-state index < -0.39 is 42.3 Å². The molecule has 2 aliphatic heterocycles. The fourth-order valence-electron chi connectivity index (χ4n) is 7.77. The highest BCUT2D eigenvalue weighted by molar-refractivity contribution is 6.71. The third-order valence-electron chi connectivity index (χ3n) is 10.2. The number of hydrogen-bond acceptors (Lipinski definition) is 9. The Balaban J connectivity index is 1.30. The number of nitro benzene ring substituents is 1. The lowest BCUT2D eigenvalue weighted by Gasteiger charge is -2.32. The third-order valence-corrected chi connectivity index (χ3v) is 12.7. The smallest absolute Gasteiger partial charge is 0.269 e. The van der Waals surface area contributed by atoms with Gasteiger partial charge in [0.15, 0.2) is 13.9 Å². The molecule has 0 aromatic heterocycles. The largest absolute Gasteiger partial charge is 0.432 e. The first-order chi connectivity index (χ1) is 25.2. The number of carbonyl (C=O) groups excluding carboxylic acids is 3. The second kappa shape index (κ2) is 14.9. The molecule has 4 atom stereocenters. The zero-order valence-corrected chi connectivity index (χ0v) is 30.8. The van der Waals surface area contributed by atoms with Crippen molar-refractivity contribution in [1.29, 1.82) is 0 Å². The van der Waals surface area contributed by atoms with E-state index in [0.29, 0.717) is 28.2 Å². The predicted octanol–water partition coefficient (Wildman–Crippen LogP) is 5.19. The van der Waals surface area contributed by atoms with Gasteiger partial charge in [-0.25, -0.2) is 0 Å². The van der Waals surface area contributed by atoms with Gasteiger partial charge in [-0.3, -0.25) is 24.5 Å². The molecular weight excluding hydrogens is 695 g/mol. The van der Waals surface area contributed by atoms with Gasteiger partial charge in [0.25, 0.3) is 17.5 Å². The van der Waals surface area contributed by atoms with Gasteiger partial charge in [0, 0.05) is 59.2 Å². The lowest BCUT2D eigenvalue weighted by atomic mass is 9.82. The SMILES string of the molecule is C[C@@H]1[C@@H]([Si](C)(C)O)[C@H](CC(=O)N(CCO)Cc2ccccc2)O[C@@]12C(=O)N(Cc1ccc(NC(=O)c3ccc(N)cc3)cc1)c1ccc([N+](=O)[O-])cc12. The van der Waals surface area contributed by atoms with Gasteiger partial charge >= 0.3 is 0 Å². The Morgan fingerprint density at radius 3 is 2.32 bits per heavy atom. The molecule has 0 saturated carbocycles. The van der Waals surface area contributed by atoms with Crippen LogP contribution < -0.4 is 16.0 Å². The molecule has 0 radical (unpaired) electrons. The Morgan fingerprint density at radius 1 is 1.02 bits per heavy atom. The average molecular weight is 738 g/mol. The summed E-state index contributed by atoms with van der Waals surface area (Å²) >= 11 is 0. The van der Waals surface area contributed by atoms with E-state index in [9.17, 15) is 34.4 Å². The van der Waals surface area contributed by atoms with Gasteiger partial charge in [-0.15, -0.1) is 0 Å². The first-order valence-electron chi connectivity index (χ1n) is 17.4. The first-order valence-corrected chi connectivity index (χ1v) is 20.4. The Bertz CT molecular complexity index is 2010. The molecule has 2 heterocycles. The molecule has 6 rings (SSSR count). The number of hydrogen-bond donors (Lipinski definition) is 4. The molecule has 0 unspecified atom stereocenters. The van der Waals surface area contributed by atoms with E-state index in [1.807, 2.05) is 30.3 Å². The van der Waals surface area contributed by atoms with Gasteiger partial charge < -0.3 is 35.5 Å². The summed E-state index contributed by atoms with van der Waals surface area (Å²) in [4.78, 5) is 67.7. The molecule has 14 heteroatoms. The van der Waals surface area contributed by atoms with Crippen molar-refractivity contribution < 1.29 is 33.9 Å². The summed E-state index contributed by atoms with van der Waals surface area (Å²) in [5.41, 5.74) is 7.07. The minimum absolute atomic E-state index is 0.0807. The molecule has 53 heavy (non-hydrogen) atoms. The Kier molecular flexibility index (Phi) is 10.5. The minimum Gasteiger partial charge on any atom is -0.432 e. The second-order valence-electron chi connectivity index (χ2n) is 14.2. The molecule has 1 saturated heterocycles. The molecule has 0 bridgehead atoms. The molecule has 1 spiro atoms. The molecule has 4 aromatic rings. The summed E-state index contributed by atoms with van der Waals surface area (Å²) < 4.78 is 6.76. The number of nitrogens with one attached hydrogen (secondary N) is 1. The van der Waals surface area contributed by atoms with Crippen LogP contribution in [-0.2, 0) is 33.0 Å². The number of nitrogens with two attached hydrogens (primary N) is 1. The Labute approximate surface area is 308 Å². The summed E-state index contributed by atoms with van der Waals surface area (Å²) in [5, 5.41) is 24.6. The van der Waals surface area contributed by atoms with Crippen molar-refractivity contribution in [3.8, 4) is 0 Å². The number of anilines is 3. The molecule has 2 aliphatic rings. The van der Waals surface area contributed by atoms with Gasteiger partial charge in [0.2, 0.25) is 5.91 Å². The van der Waals surface area contributed by atoms with Crippen molar-refractivity contribution in [2.75, 3.05) is 29.1 Å². The van der Waals surface area contributed by atoms with Crippen molar-refractivity contribution in [2.24, 2.45) is 5.92 Å². The van der Waals surface area contributed by atoms with Crippen LogP contribution in [0.1, 0.15) is 40.4 Å². The normalized spacial score (nSPS) is 20.7. The molecule has 4 aromatic carbocycles. The number of carbonyl (C=O) groups is 3. The lowest BCUT2D eigenvalue weighted by molar-refractivity contribution is -0.385. The molecule has 276 valence electrons. The van der Waals surface area contributed by atoms with Crippen LogP contribution in [0.25, 0.3) is 0 Å². The van der Waals surface area contributed by atoms with E-state index in [1.165, 1.54) is 28.0 Å². The van der Waals surface area contributed by atoms with E-state index in [0.717, 1.165) is 11.1 Å². The molecule has 0 aliphatic carbocycles. The summed E-state index contributed by atoms with van der Waals surface area (Å²) in [6, 6.07) is 27.1. The standard InChI is InChI=1S/C39H43N5O8Si/c1-25-36(53(2,3)51)34(22-35(46)42(19-20-45)23-26-7-5-4-6-8-26)52-39(25)32-21-31(44(49)50)17-18-33(32)43(38(39)48)24-27-9-15-30(16-10-27)41-37(47)28-11-13-29(40)14-12-28/h4-18,21,25,34,36,45,51H,19-20,22-24,40H2,1-3H3,(H,41,47)/t25-,34+,36-,39+/m1/s1. The van der Waals surface area contributed by atoms with Crippen molar-refractivity contribution in [2.45, 2.75) is 56.8 Å². The number of nitrogen functional groups attached to an aromatic ring is 1. The maximum Gasteiger partial charge on any atom is 0.269 e. The molecule has 13 nitrogen and oxygen atoms in total. The highest BCUT2D eigenvalue weighted by Gasteiger charge is 2.66. The van der Waals surface area contributed by atoms with Crippen LogP contribution in [0.5, 0.6) is 0 Å². The van der Waals surface area contributed by atoms with Crippen LogP contribution in [-0.4, -0.2) is 65.0 Å². The average Bonchev–Trinajstić information content (AvgIpc) is 3.55. The lowest BCUT2D eigenvalue weighted by Crippen LogP contribution is -2.46. The molecule has 3 amide bonds. The maximum atomic E-state index is 14.8. The van der Waals surface area contributed by atoms with E-state index in [4.69, 9.17) is 10.5 Å². The number of benzene rings is 4. The molecular formula is C39H43N5O8Si. The number of aliphatic hydroxyl groups excluding tert-OH is 1. The Hall–Kier alpha value is -5.41. The van der Waals surface area contributed by atoms with Crippen LogP contribution in [0.2, 0.25) is 18.6 Å². The van der Waals surface area contributed by atoms with E-state index >= 15 is 0 Å². The monoisotopic (exact) mass is 737 g/mol. The third kappa shape index (κ3) is 7.44. The highest BCUT2D eigenvalue weighted by atomic mass is 28.4. The summed E-state index contributed by atoms with van der Waals surface area (Å²) in [5.74, 6) is -1.73. The van der Waals surface area contributed by atoms with Gasteiger partial charge in [-0.05, 0) is 66.7 Å². The van der Waals surface area contributed by atoms with Crippen molar-refractivity contribution >= 4 is 48.8 Å². The van der Waals surface area contributed by atoms with Gasteiger partial charge in [-0.1, -0.05) is 49.4 Å². The first kappa shape index (κ1) is 37.3. The number of aliphatic hydroxyl groups is 1. The zero-order chi connectivity index (χ0) is 38.1. The number of amides is 3. The zero-order valence-electron chi connectivity index (χ0n) is 29.8. The summed E-state index contributed by atoms with van der Waals surface area (Å²) in [7, 11) is -3.16. The molecule has 5 N–H and O–H groups in total. The van der Waals surface area contributed by atoms with Crippen LogP contribution in [0, 0.1) is 16.0 Å². The number of rotatable bonds is 12. The number of non-ortho nitro benzene ring substituents is 1. The maximum absolute atomic E-state index is 14.8. The van der Waals surface area contributed by atoms with Gasteiger partial charge in [0.05, 0.1) is 36.3 Å². The highest BCUT2D eigenvalue weighted by Crippen LogP contribution is 2.60. The van der Waals surface area contributed by atoms with Crippen LogP contribution >= 0.6 is 0 Å². The fraction of sp³-hybridized carbons (Fsp3) is 0.308. The van der Waals surface area contributed by atoms with Crippen molar-refractivity contribution in [3.05, 3.63) is 129 Å². The van der Waals surface area contributed by atoms with Gasteiger partial charge in [-0.2, -0.15) is 0 Å². The number of ether oxygens (including phenoxy) is 1. The van der Waals surface area contributed by atoms with Crippen LogP contribution in [0.3, 0.4) is 0 Å². The fourth-order valence-corrected chi connectivity index (χ4v) is 10.3. The quantitative estimate of drug-likeness (QED) is 0.0657. The number of nitro groups is 1. The Morgan fingerprint density at radius 2 is 1.70 bits per heavy atom.